The van der Waals surface area contributed by atoms with E-state index >= 15 is 0 Å². The first kappa shape index (κ1) is 24.5. The summed E-state index contributed by atoms with van der Waals surface area (Å²) in [7, 11) is 0. The maximum atomic E-state index is 5.09. The van der Waals surface area contributed by atoms with Crippen LogP contribution in [0.1, 0.15) is 0 Å². The number of imidazole rings is 1. The summed E-state index contributed by atoms with van der Waals surface area (Å²) in [5.74, 6) is 0. The lowest BCUT2D eigenvalue weighted by Gasteiger charge is -2.18. The minimum absolute atomic E-state index is 1.00. The number of fused-ring (bicyclic) bond motifs is 11. The van der Waals surface area contributed by atoms with E-state index in [0.29, 0.717) is 0 Å². The van der Waals surface area contributed by atoms with Gasteiger partial charge in [0.25, 0.3) is 0 Å². The number of aromatic nitrogens is 2. The van der Waals surface area contributed by atoms with Crippen molar-refractivity contribution in [3.05, 3.63) is 158 Å². The van der Waals surface area contributed by atoms with E-state index in [2.05, 4.69) is 162 Å². The molecule has 2 heteroatoms. The van der Waals surface area contributed by atoms with E-state index in [4.69, 9.17) is 4.98 Å². The Morgan fingerprint density at radius 2 is 0.933 bits per heavy atom. The quantitative estimate of drug-likeness (QED) is 0.149. The summed E-state index contributed by atoms with van der Waals surface area (Å²) in [5.41, 5.74) is 9.32. The predicted molar refractivity (Wildman–Crippen MR) is 191 cm³/mol. The molecule has 0 saturated carbocycles. The van der Waals surface area contributed by atoms with Crippen LogP contribution in [0.2, 0.25) is 0 Å². The highest BCUT2D eigenvalue weighted by Gasteiger charge is 2.18. The largest absolute Gasteiger partial charge is 0.292 e. The Labute approximate surface area is 259 Å². The Kier molecular flexibility index (Phi) is 5.03. The predicted octanol–water partition coefficient (Wildman–Crippen LogP) is 11.6. The second kappa shape index (κ2) is 9.25. The van der Waals surface area contributed by atoms with Crippen LogP contribution >= 0.6 is 0 Å². The second-order valence-electron chi connectivity index (χ2n) is 11.9. The van der Waals surface area contributed by atoms with Gasteiger partial charge in [-0.2, -0.15) is 0 Å². The fourth-order valence-electron chi connectivity index (χ4n) is 7.56. The minimum Gasteiger partial charge on any atom is -0.292 e. The van der Waals surface area contributed by atoms with Crippen molar-refractivity contribution in [2.75, 3.05) is 0 Å². The van der Waals surface area contributed by atoms with Crippen molar-refractivity contribution in [1.29, 1.82) is 0 Å². The van der Waals surface area contributed by atoms with Crippen molar-refractivity contribution in [3.8, 4) is 22.3 Å². The molecule has 0 unspecified atom stereocenters. The lowest BCUT2D eigenvalue weighted by Crippen LogP contribution is -1.93. The molecule has 0 fully saturated rings. The molecule has 0 bridgehead atoms. The van der Waals surface area contributed by atoms with Crippen LogP contribution in [0, 0.1) is 0 Å². The molecule has 0 spiro atoms. The van der Waals surface area contributed by atoms with Gasteiger partial charge in [-0.05, 0) is 96.4 Å². The number of hydrogen-bond donors (Lipinski definition) is 0. The summed E-state index contributed by atoms with van der Waals surface area (Å²) in [6.45, 7) is 0. The van der Waals surface area contributed by atoms with Gasteiger partial charge in [-0.15, -0.1) is 0 Å². The number of nitrogens with zero attached hydrogens (tertiary/aromatic N) is 2. The number of rotatable bonds is 2. The average Bonchev–Trinajstić information content (AvgIpc) is 3.50. The van der Waals surface area contributed by atoms with Crippen molar-refractivity contribution in [2.45, 2.75) is 0 Å². The zero-order valence-electron chi connectivity index (χ0n) is 24.4. The molecule has 45 heavy (non-hydrogen) atoms. The molecule has 0 aliphatic rings. The van der Waals surface area contributed by atoms with Crippen LogP contribution < -0.4 is 0 Å². The third kappa shape index (κ3) is 3.48. The second-order valence-corrected chi connectivity index (χ2v) is 11.9. The Hall–Kier alpha value is -5.99. The van der Waals surface area contributed by atoms with Crippen molar-refractivity contribution in [2.24, 2.45) is 0 Å². The fourth-order valence-corrected chi connectivity index (χ4v) is 7.56. The average molecular weight is 571 g/mol. The SMILES string of the molecule is c1ccc(-c2c3ccccc3cc3c(-c4ccc5c(c4)c4ccccc4c4nc6ccccc6n54)c4ccccc4cc23)cc1. The summed E-state index contributed by atoms with van der Waals surface area (Å²) >= 11 is 0. The van der Waals surface area contributed by atoms with Gasteiger partial charge in [0, 0.05) is 10.8 Å². The molecule has 10 rings (SSSR count). The van der Waals surface area contributed by atoms with E-state index in [1.807, 2.05) is 0 Å². The summed E-state index contributed by atoms with van der Waals surface area (Å²) in [5, 5.41) is 11.2. The number of benzene rings is 8. The Morgan fingerprint density at radius 1 is 0.356 bits per heavy atom. The highest BCUT2D eigenvalue weighted by atomic mass is 15.0. The molecule has 2 aromatic heterocycles. The molecule has 0 saturated heterocycles. The first-order valence-electron chi connectivity index (χ1n) is 15.5. The van der Waals surface area contributed by atoms with Crippen LogP contribution in [0.5, 0.6) is 0 Å². The van der Waals surface area contributed by atoms with Crippen molar-refractivity contribution < 1.29 is 0 Å². The number of hydrogen-bond acceptors (Lipinski definition) is 1. The maximum Gasteiger partial charge on any atom is 0.146 e. The van der Waals surface area contributed by atoms with E-state index in [0.717, 1.165) is 16.7 Å². The van der Waals surface area contributed by atoms with Gasteiger partial charge < -0.3 is 0 Å². The van der Waals surface area contributed by atoms with Gasteiger partial charge >= 0.3 is 0 Å². The molecule has 2 heterocycles. The van der Waals surface area contributed by atoms with Gasteiger partial charge in [-0.3, -0.25) is 4.40 Å². The van der Waals surface area contributed by atoms with Gasteiger partial charge in [0.05, 0.1) is 16.6 Å². The summed E-state index contributed by atoms with van der Waals surface area (Å²) in [6.07, 6.45) is 0. The Balaban J connectivity index is 1.39. The molecule has 208 valence electrons. The number of para-hydroxylation sites is 2. The van der Waals surface area contributed by atoms with Crippen LogP contribution in [0.3, 0.4) is 0 Å². The zero-order chi connectivity index (χ0) is 29.5. The van der Waals surface area contributed by atoms with E-state index < -0.39 is 0 Å². The molecule has 0 aliphatic carbocycles. The molecule has 0 atom stereocenters. The minimum atomic E-state index is 1.00. The highest BCUT2D eigenvalue weighted by molar-refractivity contribution is 6.23. The smallest absolute Gasteiger partial charge is 0.146 e. The molecule has 0 radical (unpaired) electrons. The van der Waals surface area contributed by atoms with Crippen LogP contribution in [-0.2, 0) is 0 Å². The fraction of sp³-hybridized carbons (Fsp3) is 0. The molecule has 0 N–H and O–H groups in total. The van der Waals surface area contributed by atoms with Crippen LogP contribution in [0.4, 0.5) is 0 Å². The molecule has 10 aromatic rings. The molecule has 8 aromatic carbocycles. The van der Waals surface area contributed by atoms with Crippen molar-refractivity contribution in [1.82, 2.24) is 9.38 Å². The highest BCUT2D eigenvalue weighted by Crippen LogP contribution is 2.45. The summed E-state index contributed by atoms with van der Waals surface area (Å²) in [4.78, 5) is 5.09. The zero-order valence-corrected chi connectivity index (χ0v) is 24.4. The molecule has 0 amide bonds. The van der Waals surface area contributed by atoms with Crippen molar-refractivity contribution in [3.63, 3.8) is 0 Å². The van der Waals surface area contributed by atoms with Gasteiger partial charge in [0.1, 0.15) is 5.65 Å². The van der Waals surface area contributed by atoms with Crippen LogP contribution in [0.15, 0.2) is 158 Å². The topological polar surface area (TPSA) is 17.3 Å². The Morgan fingerprint density at radius 3 is 1.67 bits per heavy atom. The van der Waals surface area contributed by atoms with Gasteiger partial charge in [-0.25, -0.2) is 4.98 Å². The monoisotopic (exact) mass is 570 g/mol. The summed E-state index contributed by atoms with van der Waals surface area (Å²) < 4.78 is 2.33. The molecule has 0 aliphatic heterocycles. The first-order valence-corrected chi connectivity index (χ1v) is 15.5. The Bertz CT molecular complexity index is 2810. The van der Waals surface area contributed by atoms with Crippen molar-refractivity contribution >= 4 is 70.7 Å². The van der Waals surface area contributed by atoms with Crippen LogP contribution in [0.25, 0.3) is 92.9 Å². The van der Waals surface area contributed by atoms with Gasteiger partial charge in [0.2, 0.25) is 0 Å². The lowest BCUT2D eigenvalue weighted by atomic mass is 9.85. The van der Waals surface area contributed by atoms with E-state index in [9.17, 15) is 0 Å². The van der Waals surface area contributed by atoms with Crippen LogP contribution in [-0.4, -0.2) is 9.38 Å². The normalized spacial score (nSPS) is 12.0. The summed E-state index contributed by atoms with van der Waals surface area (Å²) in [6, 6.07) is 57.4. The third-order valence-corrected chi connectivity index (χ3v) is 9.50. The molecular weight excluding hydrogens is 544 g/mol. The maximum absolute atomic E-state index is 5.09. The van der Waals surface area contributed by atoms with E-state index in [1.54, 1.807) is 0 Å². The lowest BCUT2D eigenvalue weighted by molar-refractivity contribution is 1.31. The van der Waals surface area contributed by atoms with E-state index in [1.165, 1.54) is 76.2 Å². The molecular formula is C43H26N2. The number of pyridine rings is 1. The van der Waals surface area contributed by atoms with Gasteiger partial charge in [-0.1, -0.05) is 121 Å². The third-order valence-electron chi connectivity index (χ3n) is 9.50. The molecule has 2 nitrogen and oxygen atoms in total. The first-order chi connectivity index (χ1) is 22.3. The van der Waals surface area contributed by atoms with Gasteiger partial charge in [0.15, 0.2) is 0 Å². The standard InChI is InChI=1S/C43H26N2/c1-2-12-27(13-3-1)41-31-16-6-4-14-28(31)25-37-36(41)24-29-15-5-7-17-32(29)42(37)30-22-23-39-35(26-30)33-18-8-9-19-34(33)43-44-38-20-10-11-21-40(38)45(39)43/h1-26H. The van der Waals surface area contributed by atoms with E-state index in [-0.39, 0.29) is 0 Å².